The van der Waals surface area contributed by atoms with Gasteiger partial charge < -0.3 is 4.74 Å². The van der Waals surface area contributed by atoms with E-state index in [0.29, 0.717) is 6.61 Å². The highest BCUT2D eigenvalue weighted by Gasteiger charge is 2.37. The third-order valence-corrected chi connectivity index (χ3v) is 4.22. The molecule has 3 aromatic carbocycles. The summed E-state index contributed by atoms with van der Waals surface area (Å²) in [5.74, 6) is 0. The first kappa shape index (κ1) is 16.7. The van der Waals surface area contributed by atoms with Crippen molar-refractivity contribution in [1.82, 2.24) is 0 Å². The predicted molar refractivity (Wildman–Crippen MR) is 103 cm³/mol. The molecule has 0 unspecified atom stereocenters. The lowest BCUT2D eigenvalue weighted by molar-refractivity contribution is 0.0311. The lowest BCUT2D eigenvalue weighted by Crippen LogP contribution is -2.33. The summed E-state index contributed by atoms with van der Waals surface area (Å²) in [5.41, 5.74) is 2.60. The summed E-state index contributed by atoms with van der Waals surface area (Å²) in [7, 11) is 0. The highest BCUT2D eigenvalue weighted by molar-refractivity contribution is 9.11. The minimum absolute atomic E-state index is 0.415. The van der Waals surface area contributed by atoms with Crippen LogP contribution in [0.2, 0.25) is 0 Å². The monoisotopic (exact) mass is 378 g/mol. The standard InChI is InChI=1S/C22H19BrO/c1-18(23)17-24-22(19-11-5-2-6-12-19,20-13-7-3-8-14-20)21-15-9-4-10-16-21/h2-16H,1,17H2. The number of benzene rings is 3. The average molecular weight is 379 g/mol. The summed E-state index contributed by atoms with van der Waals surface area (Å²) in [4.78, 5) is 0. The molecule has 0 aliphatic heterocycles. The Bertz CT molecular complexity index is 685. The van der Waals surface area contributed by atoms with Gasteiger partial charge in [0.05, 0.1) is 6.61 Å². The Labute approximate surface area is 151 Å². The molecule has 2 heteroatoms. The topological polar surface area (TPSA) is 9.23 Å². The minimum atomic E-state index is -0.680. The maximum atomic E-state index is 6.50. The summed E-state index contributed by atoms with van der Waals surface area (Å²) < 4.78 is 7.32. The Morgan fingerprint density at radius 1 is 0.708 bits per heavy atom. The van der Waals surface area contributed by atoms with E-state index in [1.165, 1.54) is 0 Å². The van der Waals surface area contributed by atoms with Crippen LogP contribution in [0.5, 0.6) is 0 Å². The highest BCUT2D eigenvalue weighted by atomic mass is 79.9. The molecule has 3 aromatic rings. The molecule has 0 bridgehead atoms. The van der Waals surface area contributed by atoms with Gasteiger partial charge >= 0.3 is 0 Å². The largest absolute Gasteiger partial charge is 0.356 e. The number of ether oxygens (including phenoxy) is 1. The molecule has 0 N–H and O–H groups in total. The van der Waals surface area contributed by atoms with Crippen molar-refractivity contribution in [2.75, 3.05) is 6.61 Å². The van der Waals surface area contributed by atoms with Crippen LogP contribution in [0.1, 0.15) is 16.7 Å². The van der Waals surface area contributed by atoms with Crippen LogP contribution in [0.4, 0.5) is 0 Å². The molecule has 0 aliphatic carbocycles. The van der Waals surface area contributed by atoms with Gasteiger partial charge in [-0.2, -0.15) is 0 Å². The predicted octanol–water partition coefficient (Wildman–Crippen LogP) is 5.90. The van der Waals surface area contributed by atoms with E-state index in [4.69, 9.17) is 4.74 Å². The Balaban J connectivity index is 2.26. The molecule has 24 heavy (non-hydrogen) atoms. The van der Waals surface area contributed by atoms with Gasteiger partial charge in [-0.15, -0.1) is 0 Å². The average Bonchev–Trinajstić information content (AvgIpc) is 2.65. The molecule has 0 heterocycles. The third-order valence-electron chi connectivity index (χ3n) is 3.99. The quantitative estimate of drug-likeness (QED) is 0.484. The van der Waals surface area contributed by atoms with E-state index in [1.807, 2.05) is 54.6 Å². The highest BCUT2D eigenvalue weighted by Crippen LogP contribution is 2.40. The second-order valence-corrected chi connectivity index (χ2v) is 6.71. The van der Waals surface area contributed by atoms with E-state index in [0.717, 1.165) is 21.2 Å². The van der Waals surface area contributed by atoms with Crippen LogP contribution in [0.15, 0.2) is 102 Å². The fourth-order valence-corrected chi connectivity index (χ4v) is 3.07. The van der Waals surface area contributed by atoms with Crippen molar-refractivity contribution in [3.05, 3.63) is 119 Å². The van der Waals surface area contributed by atoms with Crippen molar-refractivity contribution >= 4 is 15.9 Å². The zero-order chi connectivity index (χ0) is 16.8. The molecule has 120 valence electrons. The Morgan fingerprint density at radius 2 is 1.04 bits per heavy atom. The number of hydrogen-bond donors (Lipinski definition) is 0. The van der Waals surface area contributed by atoms with Gasteiger partial charge in [0.15, 0.2) is 0 Å². The molecule has 0 saturated heterocycles. The summed E-state index contributed by atoms with van der Waals surface area (Å²) in [5, 5.41) is 0. The molecule has 0 spiro atoms. The van der Waals surface area contributed by atoms with E-state index in [2.05, 4.69) is 58.9 Å². The fourth-order valence-electron chi connectivity index (χ4n) is 2.96. The van der Waals surface area contributed by atoms with Crippen LogP contribution in [0.3, 0.4) is 0 Å². The normalized spacial score (nSPS) is 11.2. The van der Waals surface area contributed by atoms with Gasteiger partial charge in [-0.25, -0.2) is 0 Å². The van der Waals surface area contributed by atoms with Crippen LogP contribution in [-0.2, 0) is 10.3 Å². The first-order valence-corrected chi connectivity index (χ1v) is 8.66. The number of hydrogen-bond acceptors (Lipinski definition) is 1. The van der Waals surface area contributed by atoms with E-state index in [-0.39, 0.29) is 0 Å². The van der Waals surface area contributed by atoms with E-state index < -0.39 is 5.60 Å². The van der Waals surface area contributed by atoms with Crippen molar-refractivity contribution in [3.8, 4) is 0 Å². The zero-order valence-electron chi connectivity index (χ0n) is 13.4. The Morgan fingerprint density at radius 3 is 1.33 bits per heavy atom. The Hall–Kier alpha value is -2.16. The molecule has 0 aromatic heterocycles. The van der Waals surface area contributed by atoms with E-state index in [1.54, 1.807) is 0 Å². The van der Waals surface area contributed by atoms with Crippen molar-refractivity contribution in [2.45, 2.75) is 5.60 Å². The molecular formula is C22H19BrO. The summed E-state index contributed by atoms with van der Waals surface area (Å²) in [6.07, 6.45) is 0. The molecule has 0 radical (unpaired) electrons. The Kier molecular flexibility index (Phi) is 5.29. The molecule has 0 saturated carbocycles. The zero-order valence-corrected chi connectivity index (χ0v) is 14.9. The van der Waals surface area contributed by atoms with Gasteiger partial charge in [0, 0.05) is 4.48 Å². The van der Waals surface area contributed by atoms with Crippen LogP contribution >= 0.6 is 15.9 Å². The minimum Gasteiger partial charge on any atom is -0.356 e. The number of rotatable bonds is 6. The molecule has 0 atom stereocenters. The van der Waals surface area contributed by atoms with E-state index in [9.17, 15) is 0 Å². The van der Waals surface area contributed by atoms with Crippen LogP contribution in [0.25, 0.3) is 0 Å². The molecular weight excluding hydrogens is 360 g/mol. The van der Waals surface area contributed by atoms with Gasteiger partial charge in [0.1, 0.15) is 5.60 Å². The third kappa shape index (κ3) is 3.35. The van der Waals surface area contributed by atoms with Crippen LogP contribution in [-0.4, -0.2) is 6.61 Å². The van der Waals surface area contributed by atoms with Crippen molar-refractivity contribution in [2.24, 2.45) is 0 Å². The maximum absolute atomic E-state index is 6.50. The van der Waals surface area contributed by atoms with Gasteiger partial charge in [-0.3, -0.25) is 0 Å². The lowest BCUT2D eigenvalue weighted by atomic mass is 9.80. The summed E-state index contributed by atoms with van der Waals surface area (Å²) in [6.45, 7) is 4.35. The second-order valence-electron chi connectivity index (χ2n) is 5.59. The van der Waals surface area contributed by atoms with Crippen LogP contribution in [0, 0.1) is 0 Å². The SMILES string of the molecule is C=C(Br)COC(c1ccccc1)(c1ccccc1)c1ccccc1. The van der Waals surface area contributed by atoms with Gasteiger partial charge in [-0.1, -0.05) is 114 Å². The smallest absolute Gasteiger partial charge is 0.144 e. The van der Waals surface area contributed by atoms with Gasteiger partial charge in [-0.05, 0) is 16.7 Å². The second kappa shape index (κ2) is 7.61. The lowest BCUT2D eigenvalue weighted by Gasteiger charge is -2.36. The van der Waals surface area contributed by atoms with Crippen molar-refractivity contribution < 1.29 is 4.74 Å². The van der Waals surface area contributed by atoms with Crippen molar-refractivity contribution in [3.63, 3.8) is 0 Å². The first-order chi connectivity index (χ1) is 11.7. The molecule has 0 fully saturated rings. The molecule has 0 aliphatic rings. The van der Waals surface area contributed by atoms with Crippen LogP contribution < -0.4 is 0 Å². The first-order valence-electron chi connectivity index (χ1n) is 7.87. The fraction of sp³-hybridized carbons (Fsp3) is 0.0909. The molecule has 3 rings (SSSR count). The maximum Gasteiger partial charge on any atom is 0.144 e. The summed E-state index contributed by atoms with van der Waals surface area (Å²) in [6, 6.07) is 31.0. The van der Waals surface area contributed by atoms with Crippen molar-refractivity contribution in [1.29, 1.82) is 0 Å². The molecule has 0 amide bonds. The summed E-state index contributed by atoms with van der Waals surface area (Å²) >= 11 is 3.43. The molecule has 1 nitrogen and oxygen atoms in total. The number of halogens is 1. The van der Waals surface area contributed by atoms with Gasteiger partial charge in [0.25, 0.3) is 0 Å². The van der Waals surface area contributed by atoms with Gasteiger partial charge in [0.2, 0.25) is 0 Å². The van der Waals surface area contributed by atoms with E-state index >= 15 is 0 Å².